The van der Waals surface area contributed by atoms with Crippen molar-refractivity contribution < 1.29 is 5.11 Å². The van der Waals surface area contributed by atoms with Gasteiger partial charge in [0.05, 0.1) is 11.6 Å². The van der Waals surface area contributed by atoms with Gasteiger partial charge in [-0.3, -0.25) is 0 Å². The zero-order chi connectivity index (χ0) is 10.4. The molecule has 0 amide bonds. The second-order valence-corrected chi connectivity index (χ2v) is 4.41. The lowest BCUT2D eigenvalue weighted by molar-refractivity contribution is 0.0245. The van der Waals surface area contributed by atoms with Crippen LogP contribution in [-0.2, 0) is 0 Å². The molecular weight excluding hydrogens is 174 g/mol. The summed E-state index contributed by atoms with van der Waals surface area (Å²) in [6.07, 6.45) is 11.9. The molecule has 1 rings (SSSR count). The first-order chi connectivity index (χ1) is 6.66. The molecule has 0 aromatic carbocycles. The minimum Gasteiger partial charge on any atom is -0.389 e. The van der Waals surface area contributed by atoms with Gasteiger partial charge >= 0.3 is 0 Å². The SMILES string of the molecule is C#CC(C)NCC1(O)CCCCCC1. The van der Waals surface area contributed by atoms with Crippen LogP contribution in [0.5, 0.6) is 0 Å². The van der Waals surface area contributed by atoms with E-state index in [0.29, 0.717) is 6.54 Å². The fourth-order valence-corrected chi connectivity index (χ4v) is 1.97. The van der Waals surface area contributed by atoms with Crippen molar-refractivity contribution in [3.8, 4) is 12.3 Å². The first-order valence-electron chi connectivity index (χ1n) is 5.58. The van der Waals surface area contributed by atoms with E-state index in [-0.39, 0.29) is 6.04 Å². The number of rotatable bonds is 3. The van der Waals surface area contributed by atoms with Crippen molar-refractivity contribution in [1.82, 2.24) is 5.32 Å². The van der Waals surface area contributed by atoms with E-state index in [4.69, 9.17) is 6.42 Å². The second-order valence-electron chi connectivity index (χ2n) is 4.41. The highest BCUT2D eigenvalue weighted by molar-refractivity contribution is 4.97. The Kier molecular flexibility index (Phi) is 4.44. The number of aliphatic hydroxyl groups is 1. The smallest absolute Gasteiger partial charge is 0.0772 e. The third-order valence-electron chi connectivity index (χ3n) is 3.02. The molecular formula is C12H21NO. The third-order valence-corrected chi connectivity index (χ3v) is 3.02. The summed E-state index contributed by atoms with van der Waals surface area (Å²) in [7, 11) is 0. The largest absolute Gasteiger partial charge is 0.389 e. The Balaban J connectivity index is 2.36. The molecule has 2 N–H and O–H groups in total. The molecule has 0 spiro atoms. The number of nitrogens with one attached hydrogen (secondary N) is 1. The molecule has 0 aromatic rings. The highest BCUT2D eigenvalue weighted by atomic mass is 16.3. The Labute approximate surface area is 87.1 Å². The number of hydrogen-bond acceptors (Lipinski definition) is 2. The molecule has 1 aliphatic rings. The summed E-state index contributed by atoms with van der Waals surface area (Å²) >= 11 is 0. The van der Waals surface area contributed by atoms with Crippen LogP contribution in [0.15, 0.2) is 0 Å². The molecule has 0 radical (unpaired) electrons. The summed E-state index contributed by atoms with van der Waals surface area (Å²) in [5.74, 6) is 2.62. The first kappa shape index (κ1) is 11.6. The van der Waals surface area contributed by atoms with Gasteiger partial charge in [0.1, 0.15) is 0 Å². The first-order valence-corrected chi connectivity index (χ1v) is 5.58. The van der Waals surface area contributed by atoms with E-state index in [1.165, 1.54) is 12.8 Å². The normalized spacial score (nSPS) is 23.5. The molecule has 2 nitrogen and oxygen atoms in total. The predicted molar refractivity (Wildman–Crippen MR) is 58.9 cm³/mol. The van der Waals surface area contributed by atoms with E-state index in [1.54, 1.807) is 0 Å². The van der Waals surface area contributed by atoms with Crippen LogP contribution >= 0.6 is 0 Å². The monoisotopic (exact) mass is 195 g/mol. The molecule has 0 saturated heterocycles. The number of terminal acetylenes is 1. The molecule has 1 atom stereocenters. The van der Waals surface area contributed by atoms with Crippen LogP contribution in [0.4, 0.5) is 0 Å². The Morgan fingerprint density at radius 3 is 2.43 bits per heavy atom. The third kappa shape index (κ3) is 3.69. The van der Waals surface area contributed by atoms with Crippen molar-refractivity contribution in [1.29, 1.82) is 0 Å². The topological polar surface area (TPSA) is 32.3 Å². The molecule has 14 heavy (non-hydrogen) atoms. The zero-order valence-electron chi connectivity index (χ0n) is 9.05. The zero-order valence-corrected chi connectivity index (χ0v) is 9.05. The molecule has 1 fully saturated rings. The Morgan fingerprint density at radius 2 is 1.93 bits per heavy atom. The highest BCUT2D eigenvalue weighted by Crippen LogP contribution is 2.26. The van der Waals surface area contributed by atoms with Gasteiger partial charge in [-0.2, -0.15) is 0 Å². The maximum atomic E-state index is 10.3. The van der Waals surface area contributed by atoms with Crippen molar-refractivity contribution in [3.63, 3.8) is 0 Å². The van der Waals surface area contributed by atoms with Crippen LogP contribution in [0.1, 0.15) is 45.4 Å². The van der Waals surface area contributed by atoms with Gasteiger partial charge in [-0.1, -0.05) is 31.6 Å². The van der Waals surface area contributed by atoms with Crippen molar-refractivity contribution >= 4 is 0 Å². The van der Waals surface area contributed by atoms with E-state index >= 15 is 0 Å². The van der Waals surface area contributed by atoms with Crippen molar-refractivity contribution in [2.75, 3.05) is 6.54 Å². The van der Waals surface area contributed by atoms with Crippen molar-refractivity contribution in [3.05, 3.63) is 0 Å². The molecule has 1 unspecified atom stereocenters. The lowest BCUT2D eigenvalue weighted by Crippen LogP contribution is -2.43. The van der Waals surface area contributed by atoms with Crippen LogP contribution in [0.2, 0.25) is 0 Å². The minimum atomic E-state index is -0.512. The predicted octanol–water partition coefficient (Wildman–Crippen LogP) is 1.68. The van der Waals surface area contributed by atoms with Gasteiger partial charge in [-0.15, -0.1) is 6.42 Å². The molecule has 0 heterocycles. The summed E-state index contributed by atoms with van der Waals surface area (Å²) in [5.41, 5.74) is -0.512. The van der Waals surface area contributed by atoms with Crippen LogP contribution in [-0.4, -0.2) is 23.3 Å². The van der Waals surface area contributed by atoms with Crippen molar-refractivity contribution in [2.24, 2.45) is 0 Å². The molecule has 0 aliphatic heterocycles. The van der Waals surface area contributed by atoms with Gasteiger partial charge in [0, 0.05) is 6.54 Å². The molecule has 2 heteroatoms. The minimum absolute atomic E-state index is 0.0577. The van der Waals surface area contributed by atoms with E-state index in [0.717, 1.165) is 25.7 Å². The quantitative estimate of drug-likeness (QED) is 0.530. The van der Waals surface area contributed by atoms with Gasteiger partial charge < -0.3 is 10.4 Å². The van der Waals surface area contributed by atoms with E-state index in [9.17, 15) is 5.11 Å². The van der Waals surface area contributed by atoms with Crippen LogP contribution in [0, 0.1) is 12.3 Å². The van der Waals surface area contributed by atoms with E-state index in [1.807, 2.05) is 6.92 Å². The molecule has 1 aliphatic carbocycles. The van der Waals surface area contributed by atoms with Gasteiger partial charge in [0.15, 0.2) is 0 Å². The maximum absolute atomic E-state index is 10.3. The van der Waals surface area contributed by atoms with E-state index in [2.05, 4.69) is 11.2 Å². The Hall–Kier alpha value is -0.520. The Bertz CT molecular complexity index is 199. The summed E-state index contributed by atoms with van der Waals surface area (Å²) in [6, 6.07) is 0.0577. The van der Waals surface area contributed by atoms with Crippen molar-refractivity contribution in [2.45, 2.75) is 57.1 Å². The standard InChI is InChI=1S/C12H21NO/c1-3-11(2)13-10-12(14)8-6-4-5-7-9-12/h1,11,13-14H,4-10H2,2H3. The van der Waals surface area contributed by atoms with Gasteiger partial charge in [0.2, 0.25) is 0 Å². The number of hydrogen-bond donors (Lipinski definition) is 2. The maximum Gasteiger partial charge on any atom is 0.0772 e. The molecule has 0 bridgehead atoms. The van der Waals surface area contributed by atoms with Crippen LogP contribution in [0.3, 0.4) is 0 Å². The lowest BCUT2D eigenvalue weighted by atomic mass is 9.94. The lowest BCUT2D eigenvalue weighted by Gasteiger charge is -2.27. The van der Waals surface area contributed by atoms with Crippen LogP contribution in [0.25, 0.3) is 0 Å². The van der Waals surface area contributed by atoms with Gasteiger partial charge in [0.25, 0.3) is 0 Å². The highest BCUT2D eigenvalue weighted by Gasteiger charge is 2.27. The fourth-order valence-electron chi connectivity index (χ4n) is 1.97. The second kappa shape index (κ2) is 5.38. The summed E-state index contributed by atoms with van der Waals surface area (Å²) in [6.45, 7) is 2.58. The fraction of sp³-hybridized carbons (Fsp3) is 0.833. The summed E-state index contributed by atoms with van der Waals surface area (Å²) < 4.78 is 0. The summed E-state index contributed by atoms with van der Waals surface area (Å²) in [4.78, 5) is 0. The Morgan fingerprint density at radius 1 is 1.36 bits per heavy atom. The average Bonchev–Trinajstić information content (AvgIpc) is 2.40. The molecule has 80 valence electrons. The van der Waals surface area contributed by atoms with Crippen LogP contribution < -0.4 is 5.32 Å². The van der Waals surface area contributed by atoms with Gasteiger partial charge in [-0.05, 0) is 19.8 Å². The van der Waals surface area contributed by atoms with Gasteiger partial charge in [-0.25, -0.2) is 0 Å². The molecule has 1 saturated carbocycles. The van der Waals surface area contributed by atoms with E-state index < -0.39 is 5.60 Å². The summed E-state index contributed by atoms with van der Waals surface area (Å²) in [5, 5.41) is 13.4. The average molecular weight is 195 g/mol. The molecule has 0 aromatic heterocycles.